The summed E-state index contributed by atoms with van der Waals surface area (Å²) in [6.07, 6.45) is 3.03. The zero-order chi connectivity index (χ0) is 17.3. The van der Waals surface area contributed by atoms with Gasteiger partial charge in [0.1, 0.15) is 11.6 Å². The third-order valence-corrected chi connectivity index (χ3v) is 4.85. The highest BCUT2D eigenvalue weighted by Crippen LogP contribution is 2.32. The highest BCUT2D eigenvalue weighted by Gasteiger charge is 2.31. The summed E-state index contributed by atoms with van der Waals surface area (Å²) in [6.45, 7) is 0.658. The Morgan fingerprint density at radius 1 is 1.21 bits per heavy atom. The van der Waals surface area contributed by atoms with Gasteiger partial charge in [0.05, 0.1) is 12.0 Å². The van der Waals surface area contributed by atoms with E-state index in [1.807, 2.05) is 0 Å². The van der Waals surface area contributed by atoms with Crippen LogP contribution < -0.4 is 5.32 Å². The van der Waals surface area contributed by atoms with Crippen LogP contribution in [-0.4, -0.2) is 35.1 Å². The molecule has 2 atom stereocenters. The van der Waals surface area contributed by atoms with Gasteiger partial charge in [-0.25, -0.2) is 13.6 Å². The average Bonchev–Trinajstić information content (AvgIpc) is 2.55. The molecule has 1 aliphatic carbocycles. The van der Waals surface area contributed by atoms with Crippen molar-refractivity contribution in [2.45, 2.75) is 38.1 Å². The predicted octanol–water partition coefficient (Wildman–Crippen LogP) is 2.85. The van der Waals surface area contributed by atoms with Crippen LogP contribution in [0.3, 0.4) is 0 Å². The number of carbonyl (C=O) groups is 2. The molecule has 0 bridgehead atoms. The first-order chi connectivity index (χ1) is 11.5. The van der Waals surface area contributed by atoms with E-state index in [0.29, 0.717) is 49.8 Å². The van der Waals surface area contributed by atoms with Gasteiger partial charge < -0.3 is 15.3 Å². The summed E-state index contributed by atoms with van der Waals surface area (Å²) in [5, 5.41) is 11.9. The molecule has 2 amide bonds. The number of carboxylic acids is 1. The predicted molar refractivity (Wildman–Crippen MR) is 82.5 cm³/mol. The first kappa shape index (κ1) is 16.7. The van der Waals surface area contributed by atoms with Crippen molar-refractivity contribution < 1.29 is 23.5 Å². The van der Waals surface area contributed by atoms with Crippen LogP contribution in [0.2, 0.25) is 0 Å². The van der Waals surface area contributed by atoms with Crippen LogP contribution in [0.25, 0.3) is 0 Å². The van der Waals surface area contributed by atoms with Crippen molar-refractivity contribution in [1.29, 1.82) is 0 Å². The molecule has 0 aromatic heterocycles. The molecule has 7 heteroatoms. The van der Waals surface area contributed by atoms with Crippen molar-refractivity contribution in [3.63, 3.8) is 0 Å². The standard InChI is InChI=1S/C17H20F2N2O3/c18-11-7-13-12(14(19)8-11)4-1-5-15(13)20-17(24)21-6-2-3-10(9-21)16(22)23/h7-8,10,15H,1-6,9H2,(H,20,24)(H,22,23)/t10?,15-/m0/s1. The van der Waals surface area contributed by atoms with Crippen LogP contribution in [0.4, 0.5) is 13.6 Å². The molecule has 1 aliphatic heterocycles. The maximum Gasteiger partial charge on any atom is 0.317 e. The number of benzene rings is 1. The van der Waals surface area contributed by atoms with Gasteiger partial charge in [-0.1, -0.05) is 0 Å². The Morgan fingerprint density at radius 3 is 2.75 bits per heavy atom. The normalized spacial score (nSPS) is 23.5. The second kappa shape index (κ2) is 6.75. The van der Waals surface area contributed by atoms with Crippen LogP contribution in [-0.2, 0) is 11.2 Å². The van der Waals surface area contributed by atoms with E-state index in [1.54, 1.807) is 0 Å². The van der Waals surface area contributed by atoms with Crippen LogP contribution in [0.15, 0.2) is 12.1 Å². The van der Waals surface area contributed by atoms with Gasteiger partial charge >= 0.3 is 12.0 Å². The number of hydrogen-bond acceptors (Lipinski definition) is 2. The lowest BCUT2D eigenvalue weighted by molar-refractivity contribution is -0.143. The number of carbonyl (C=O) groups excluding carboxylic acids is 1. The Labute approximate surface area is 138 Å². The molecule has 0 spiro atoms. The number of amides is 2. The first-order valence-electron chi connectivity index (χ1n) is 8.21. The lowest BCUT2D eigenvalue weighted by Crippen LogP contribution is -2.48. The quantitative estimate of drug-likeness (QED) is 0.871. The van der Waals surface area contributed by atoms with Crippen molar-refractivity contribution in [2.24, 2.45) is 5.92 Å². The maximum atomic E-state index is 13.9. The molecular formula is C17H20F2N2O3. The third-order valence-electron chi connectivity index (χ3n) is 4.85. The van der Waals surface area contributed by atoms with E-state index in [4.69, 9.17) is 5.11 Å². The van der Waals surface area contributed by atoms with Crippen molar-refractivity contribution in [2.75, 3.05) is 13.1 Å². The number of aliphatic carboxylic acids is 1. The number of likely N-dealkylation sites (tertiary alicyclic amines) is 1. The van der Waals surface area contributed by atoms with Gasteiger partial charge in [0.15, 0.2) is 0 Å². The van der Waals surface area contributed by atoms with E-state index in [0.717, 1.165) is 6.07 Å². The molecule has 1 aromatic carbocycles. The fourth-order valence-corrected chi connectivity index (χ4v) is 3.59. The molecular weight excluding hydrogens is 318 g/mol. The fraction of sp³-hybridized carbons (Fsp3) is 0.529. The van der Waals surface area contributed by atoms with E-state index >= 15 is 0 Å². The average molecular weight is 338 g/mol. The minimum Gasteiger partial charge on any atom is -0.481 e. The smallest absolute Gasteiger partial charge is 0.317 e. The van der Waals surface area contributed by atoms with Gasteiger partial charge in [-0.2, -0.15) is 0 Å². The monoisotopic (exact) mass is 338 g/mol. The Morgan fingerprint density at radius 2 is 2.00 bits per heavy atom. The van der Waals surface area contributed by atoms with Gasteiger partial charge in [-0.15, -0.1) is 0 Å². The van der Waals surface area contributed by atoms with Crippen molar-refractivity contribution in [1.82, 2.24) is 10.2 Å². The minimum atomic E-state index is -0.903. The number of nitrogens with zero attached hydrogens (tertiary/aromatic N) is 1. The Kier molecular flexibility index (Phi) is 4.69. The summed E-state index contributed by atoms with van der Waals surface area (Å²) in [5.74, 6) is -2.69. The van der Waals surface area contributed by atoms with Gasteiger partial charge in [0, 0.05) is 19.2 Å². The van der Waals surface area contributed by atoms with E-state index in [-0.39, 0.29) is 12.6 Å². The number of nitrogens with one attached hydrogen (secondary N) is 1. The SMILES string of the molecule is O=C(O)C1CCCN(C(=O)N[C@H]2CCCc3c(F)cc(F)cc32)C1. The minimum absolute atomic E-state index is 0.165. The summed E-state index contributed by atoms with van der Waals surface area (Å²) in [7, 11) is 0. The Balaban J connectivity index is 1.73. The molecule has 3 rings (SSSR count). The molecule has 2 N–H and O–H groups in total. The summed E-state index contributed by atoms with van der Waals surface area (Å²) < 4.78 is 27.4. The van der Waals surface area contributed by atoms with Crippen LogP contribution in [0.5, 0.6) is 0 Å². The zero-order valence-electron chi connectivity index (χ0n) is 13.2. The number of fused-ring (bicyclic) bond motifs is 1. The summed E-state index contributed by atoms with van der Waals surface area (Å²) in [4.78, 5) is 25.0. The molecule has 1 saturated heterocycles. The highest BCUT2D eigenvalue weighted by atomic mass is 19.1. The summed E-state index contributed by atoms with van der Waals surface area (Å²) in [6, 6.07) is 1.32. The third kappa shape index (κ3) is 3.34. The molecule has 2 aliphatic rings. The maximum absolute atomic E-state index is 13.9. The van der Waals surface area contributed by atoms with E-state index in [2.05, 4.69) is 5.32 Å². The number of hydrogen-bond donors (Lipinski definition) is 2. The number of halogens is 2. The Bertz CT molecular complexity index is 665. The molecule has 1 unspecified atom stereocenters. The summed E-state index contributed by atoms with van der Waals surface area (Å²) >= 11 is 0. The van der Waals surface area contributed by atoms with Crippen LogP contribution in [0, 0.1) is 17.6 Å². The van der Waals surface area contributed by atoms with E-state index < -0.39 is 29.6 Å². The molecule has 1 aromatic rings. The number of piperidine rings is 1. The van der Waals surface area contributed by atoms with Crippen LogP contribution >= 0.6 is 0 Å². The molecule has 0 saturated carbocycles. The Hall–Kier alpha value is -2.18. The lowest BCUT2D eigenvalue weighted by atomic mass is 9.87. The van der Waals surface area contributed by atoms with Crippen molar-refractivity contribution in [3.05, 3.63) is 34.9 Å². The second-order valence-corrected chi connectivity index (χ2v) is 6.47. The first-order valence-corrected chi connectivity index (χ1v) is 8.21. The van der Waals surface area contributed by atoms with Gasteiger partial charge in [-0.05, 0) is 49.3 Å². The van der Waals surface area contributed by atoms with E-state index in [1.165, 1.54) is 11.0 Å². The molecule has 130 valence electrons. The molecule has 1 fully saturated rings. The van der Waals surface area contributed by atoms with Crippen LogP contribution in [0.1, 0.15) is 42.9 Å². The largest absolute Gasteiger partial charge is 0.481 e. The number of urea groups is 1. The number of rotatable bonds is 2. The lowest BCUT2D eigenvalue weighted by Gasteiger charge is -2.33. The van der Waals surface area contributed by atoms with Gasteiger partial charge in [0.25, 0.3) is 0 Å². The molecule has 24 heavy (non-hydrogen) atoms. The van der Waals surface area contributed by atoms with Crippen molar-refractivity contribution >= 4 is 12.0 Å². The number of carboxylic acid groups (broad SMARTS) is 1. The summed E-state index contributed by atoms with van der Waals surface area (Å²) in [5.41, 5.74) is 0.939. The fourth-order valence-electron chi connectivity index (χ4n) is 3.59. The molecule has 5 nitrogen and oxygen atoms in total. The molecule has 1 heterocycles. The highest BCUT2D eigenvalue weighted by molar-refractivity contribution is 5.77. The van der Waals surface area contributed by atoms with Gasteiger partial charge in [-0.3, -0.25) is 4.79 Å². The van der Waals surface area contributed by atoms with Crippen molar-refractivity contribution in [3.8, 4) is 0 Å². The second-order valence-electron chi connectivity index (χ2n) is 6.47. The molecule has 0 radical (unpaired) electrons. The zero-order valence-corrected chi connectivity index (χ0v) is 13.2. The van der Waals surface area contributed by atoms with Gasteiger partial charge in [0.2, 0.25) is 0 Å². The topological polar surface area (TPSA) is 69.6 Å². The van der Waals surface area contributed by atoms with E-state index in [9.17, 15) is 18.4 Å².